The number of nitrogens with zero attached hydrogens (tertiary/aromatic N) is 2. The molecule has 2 heterocycles. The predicted octanol–water partition coefficient (Wildman–Crippen LogP) is 3.60. The van der Waals surface area contributed by atoms with Crippen LogP contribution in [0.3, 0.4) is 0 Å². The number of hydrogen-bond acceptors (Lipinski definition) is 6. The van der Waals surface area contributed by atoms with Gasteiger partial charge in [0.25, 0.3) is 5.69 Å². The second-order valence-electron chi connectivity index (χ2n) is 6.78. The molecule has 31 heavy (non-hydrogen) atoms. The van der Waals surface area contributed by atoms with Crippen LogP contribution in [0.5, 0.6) is 17.5 Å². The van der Waals surface area contributed by atoms with E-state index in [2.05, 4.69) is 9.83 Å². The summed E-state index contributed by atoms with van der Waals surface area (Å²) in [6, 6.07) is 2.76. The van der Waals surface area contributed by atoms with Crippen molar-refractivity contribution in [1.29, 1.82) is 0 Å². The minimum Gasteiger partial charge on any atom is -0.484 e. The lowest BCUT2D eigenvalue weighted by Crippen LogP contribution is -2.31. The number of alkyl halides is 3. The summed E-state index contributed by atoms with van der Waals surface area (Å²) in [4.78, 5) is 6.76. The van der Waals surface area contributed by atoms with Gasteiger partial charge in [-0.2, -0.15) is 18.2 Å². The number of fused-ring (bicyclic) bond motifs is 1. The van der Waals surface area contributed by atoms with Crippen molar-refractivity contribution in [2.75, 3.05) is 13.2 Å². The molecule has 0 radical (unpaired) electrons. The Hall–Kier alpha value is -2.88. The summed E-state index contributed by atoms with van der Waals surface area (Å²) in [5.41, 5.74) is -1.89. The van der Waals surface area contributed by atoms with Crippen LogP contribution < -0.4 is 14.9 Å². The molecule has 1 aromatic carbocycles. The second kappa shape index (κ2) is 9.09. The van der Waals surface area contributed by atoms with E-state index in [4.69, 9.17) is 25.4 Å². The van der Waals surface area contributed by atoms with Crippen molar-refractivity contribution in [2.24, 2.45) is 0 Å². The maximum absolute atomic E-state index is 14.2. The normalized spacial score (nSPS) is 13.3. The molecule has 0 saturated heterocycles. The van der Waals surface area contributed by atoms with Gasteiger partial charge in [-0.25, -0.2) is 9.24 Å². The van der Waals surface area contributed by atoms with E-state index in [0.29, 0.717) is 11.6 Å². The number of halogens is 4. The van der Waals surface area contributed by atoms with Crippen molar-refractivity contribution in [3.8, 4) is 17.5 Å². The van der Waals surface area contributed by atoms with Gasteiger partial charge in [0.1, 0.15) is 18.2 Å². The van der Waals surface area contributed by atoms with E-state index in [9.17, 15) is 22.6 Å². The van der Waals surface area contributed by atoms with Crippen LogP contribution in [0.2, 0.25) is 0 Å². The Kier molecular flexibility index (Phi) is 6.69. The summed E-state index contributed by atoms with van der Waals surface area (Å²) < 4.78 is 75.5. The van der Waals surface area contributed by atoms with Crippen LogP contribution >= 0.6 is 0 Å². The Labute approximate surface area is 175 Å². The van der Waals surface area contributed by atoms with Crippen molar-refractivity contribution < 1.29 is 41.5 Å². The number of benzene rings is 1. The molecule has 0 bridgehead atoms. The highest BCUT2D eigenvalue weighted by molar-refractivity contribution is 6.61. The largest absolute Gasteiger partial charge is 0.494 e. The highest BCUT2D eigenvalue weighted by atomic mass is 19.4. The third-order valence-corrected chi connectivity index (χ3v) is 4.18. The highest BCUT2D eigenvalue weighted by Gasteiger charge is 2.37. The van der Waals surface area contributed by atoms with Gasteiger partial charge in [0.15, 0.2) is 0 Å². The SMILES string of the molecule is [C-]#[N+]c1c(C(F)(F)F)cc(Oc2cc(F)c3c(c2)COB3O)nc1OCCOC(C)C. The Morgan fingerprint density at radius 3 is 2.68 bits per heavy atom. The summed E-state index contributed by atoms with van der Waals surface area (Å²) >= 11 is 0. The van der Waals surface area contributed by atoms with Crippen molar-refractivity contribution >= 4 is 18.3 Å². The number of aromatic nitrogens is 1. The fourth-order valence-corrected chi connectivity index (χ4v) is 2.87. The van der Waals surface area contributed by atoms with Crippen LogP contribution in [-0.4, -0.2) is 36.4 Å². The van der Waals surface area contributed by atoms with E-state index in [1.165, 1.54) is 6.07 Å². The van der Waals surface area contributed by atoms with E-state index in [0.717, 1.165) is 6.07 Å². The zero-order valence-electron chi connectivity index (χ0n) is 16.5. The van der Waals surface area contributed by atoms with E-state index in [1.54, 1.807) is 13.8 Å². The third-order valence-electron chi connectivity index (χ3n) is 4.18. The predicted molar refractivity (Wildman–Crippen MR) is 101 cm³/mol. The van der Waals surface area contributed by atoms with Crippen LogP contribution in [0.25, 0.3) is 4.85 Å². The molecule has 1 N–H and O–H groups in total. The van der Waals surface area contributed by atoms with Gasteiger partial charge in [-0.15, -0.1) is 0 Å². The Balaban J connectivity index is 1.94. The van der Waals surface area contributed by atoms with Crippen molar-refractivity contribution in [3.05, 3.63) is 46.6 Å². The Morgan fingerprint density at radius 2 is 2.03 bits per heavy atom. The molecule has 7 nitrogen and oxygen atoms in total. The molecule has 0 amide bonds. The average molecular weight is 440 g/mol. The molecule has 0 unspecified atom stereocenters. The quantitative estimate of drug-likeness (QED) is 0.307. The number of rotatable bonds is 7. The zero-order chi connectivity index (χ0) is 22.8. The van der Waals surface area contributed by atoms with Crippen molar-refractivity contribution in [2.45, 2.75) is 32.7 Å². The highest BCUT2D eigenvalue weighted by Crippen LogP contribution is 2.43. The van der Waals surface area contributed by atoms with Gasteiger partial charge in [0, 0.05) is 17.6 Å². The van der Waals surface area contributed by atoms with E-state index < -0.39 is 42.1 Å². The maximum Gasteiger partial charge on any atom is 0.494 e. The van der Waals surface area contributed by atoms with Gasteiger partial charge in [-0.1, -0.05) is 0 Å². The molecule has 0 atom stereocenters. The minimum absolute atomic E-state index is 0.0613. The van der Waals surface area contributed by atoms with E-state index in [1.807, 2.05) is 0 Å². The van der Waals surface area contributed by atoms with E-state index in [-0.39, 0.29) is 37.1 Å². The molecule has 1 aliphatic heterocycles. The first-order valence-corrected chi connectivity index (χ1v) is 9.14. The van der Waals surface area contributed by atoms with Crippen LogP contribution in [-0.2, 0) is 22.2 Å². The van der Waals surface area contributed by atoms with Gasteiger partial charge < -0.3 is 23.9 Å². The minimum atomic E-state index is -4.88. The Morgan fingerprint density at radius 1 is 1.29 bits per heavy atom. The average Bonchev–Trinajstić information content (AvgIpc) is 3.05. The molecule has 0 aliphatic carbocycles. The zero-order valence-corrected chi connectivity index (χ0v) is 16.5. The smallest absolute Gasteiger partial charge is 0.484 e. The van der Waals surface area contributed by atoms with Gasteiger partial charge in [-0.05, 0) is 25.5 Å². The van der Waals surface area contributed by atoms with Crippen LogP contribution in [0.4, 0.5) is 23.2 Å². The standard InChI is InChI=1S/C19H17BF4N2O5/c1-10(2)28-4-5-29-18-17(25-3)13(19(22,23)24)8-15(26-18)31-12-6-11-9-30-20(27)16(11)14(21)7-12/h6-8,10,27H,4-5,9H2,1-2H3. The lowest BCUT2D eigenvalue weighted by molar-refractivity contribution is -0.137. The van der Waals surface area contributed by atoms with E-state index >= 15 is 0 Å². The molecule has 1 aromatic heterocycles. The number of ether oxygens (including phenoxy) is 3. The summed E-state index contributed by atoms with van der Waals surface area (Å²) in [6.07, 6.45) is -5.00. The molecular formula is C19H17BF4N2O5. The maximum atomic E-state index is 14.2. The van der Waals surface area contributed by atoms with Crippen molar-refractivity contribution in [1.82, 2.24) is 4.98 Å². The molecule has 0 saturated carbocycles. The first-order chi connectivity index (χ1) is 14.6. The van der Waals surface area contributed by atoms with Crippen LogP contribution in [0.15, 0.2) is 18.2 Å². The Bertz CT molecular complexity index is 1010. The molecular weight excluding hydrogens is 423 g/mol. The monoisotopic (exact) mass is 440 g/mol. The fourth-order valence-electron chi connectivity index (χ4n) is 2.87. The second-order valence-corrected chi connectivity index (χ2v) is 6.78. The molecule has 3 rings (SSSR count). The molecule has 0 spiro atoms. The fraction of sp³-hybridized carbons (Fsp3) is 0.368. The summed E-state index contributed by atoms with van der Waals surface area (Å²) in [7, 11) is -1.43. The number of pyridine rings is 1. The third kappa shape index (κ3) is 5.25. The van der Waals surface area contributed by atoms with Gasteiger partial charge in [-0.3, -0.25) is 0 Å². The molecule has 164 valence electrons. The van der Waals surface area contributed by atoms with Crippen LogP contribution in [0.1, 0.15) is 25.0 Å². The first kappa shape index (κ1) is 22.8. The van der Waals surface area contributed by atoms with Gasteiger partial charge in [0.2, 0.25) is 11.8 Å². The number of hydrogen-bond donors (Lipinski definition) is 1. The lowest BCUT2D eigenvalue weighted by Gasteiger charge is -2.16. The molecule has 12 heteroatoms. The van der Waals surface area contributed by atoms with Gasteiger partial charge >= 0.3 is 13.3 Å². The summed E-state index contributed by atoms with van der Waals surface area (Å²) in [6.45, 7) is 10.5. The first-order valence-electron chi connectivity index (χ1n) is 9.14. The molecule has 1 aliphatic rings. The van der Waals surface area contributed by atoms with Crippen LogP contribution in [0, 0.1) is 12.4 Å². The summed E-state index contributed by atoms with van der Waals surface area (Å²) in [5.74, 6) is -2.11. The van der Waals surface area contributed by atoms with Crippen molar-refractivity contribution in [3.63, 3.8) is 0 Å². The molecule has 0 fully saturated rings. The summed E-state index contributed by atoms with van der Waals surface area (Å²) in [5, 5.41) is 9.60. The topological polar surface area (TPSA) is 74.4 Å². The molecule has 2 aromatic rings. The van der Waals surface area contributed by atoms with Gasteiger partial charge in [0.05, 0.1) is 31.5 Å². The lowest BCUT2D eigenvalue weighted by atomic mass is 9.79.